The SMILES string of the molecule is CCc1ncnc(NCCc2ccc(Oc3ccc(C#N)cc3F)cc2)c1Cl. The first-order valence-corrected chi connectivity index (χ1v) is 9.18. The molecule has 7 heteroatoms. The number of hydrogen-bond donors (Lipinski definition) is 1. The summed E-state index contributed by atoms with van der Waals surface area (Å²) in [6.45, 7) is 2.65. The number of ether oxygens (including phenoxy) is 1. The molecule has 3 rings (SSSR count). The van der Waals surface area contributed by atoms with E-state index in [9.17, 15) is 4.39 Å². The Bertz CT molecular complexity index is 1000. The van der Waals surface area contributed by atoms with Gasteiger partial charge in [-0.05, 0) is 48.7 Å². The second-order valence-electron chi connectivity index (χ2n) is 6.02. The van der Waals surface area contributed by atoms with Crippen molar-refractivity contribution in [1.29, 1.82) is 5.26 Å². The van der Waals surface area contributed by atoms with Crippen molar-refractivity contribution in [3.63, 3.8) is 0 Å². The molecule has 1 N–H and O–H groups in total. The zero-order valence-corrected chi connectivity index (χ0v) is 16.0. The minimum atomic E-state index is -0.569. The predicted molar refractivity (Wildman–Crippen MR) is 106 cm³/mol. The van der Waals surface area contributed by atoms with Gasteiger partial charge < -0.3 is 10.1 Å². The van der Waals surface area contributed by atoms with Gasteiger partial charge in [0, 0.05) is 6.54 Å². The van der Waals surface area contributed by atoms with Crippen LogP contribution >= 0.6 is 11.6 Å². The van der Waals surface area contributed by atoms with E-state index in [2.05, 4.69) is 15.3 Å². The third-order valence-electron chi connectivity index (χ3n) is 4.11. The summed E-state index contributed by atoms with van der Waals surface area (Å²) in [7, 11) is 0. The zero-order valence-electron chi connectivity index (χ0n) is 15.2. The number of benzene rings is 2. The van der Waals surface area contributed by atoms with Gasteiger partial charge in [0.15, 0.2) is 11.6 Å². The van der Waals surface area contributed by atoms with Crippen LogP contribution in [0.5, 0.6) is 11.5 Å². The van der Waals surface area contributed by atoms with Crippen LogP contribution in [0.1, 0.15) is 23.7 Å². The van der Waals surface area contributed by atoms with E-state index in [4.69, 9.17) is 21.6 Å². The summed E-state index contributed by atoms with van der Waals surface area (Å²) in [6, 6.07) is 13.4. The molecule has 0 aliphatic heterocycles. The van der Waals surface area contributed by atoms with Crippen LogP contribution in [0.25, 0.3) is 0 Å². The smallest absolute Gasteiger partial charge is 0.167 e. The Morgan fingerprint density at radius 3 is 2.64 bits per heavy atom. The summed E-state index contributed by atoms with van der Waals surface area (Å²) >= 11 is 6.27. The maximum absolute atomic E-state index is 13.9. The highest BCUT2D eigenvalue weighted by atomic mass is 35.5. The summed E-state index contributed by atoms with van der Waals surface area (Å²) in [4.78, 5) is 8.31. The van der Waals surface area contributed by atoms with Gasteiger partial charge in [-0.1, -0.05) is 30.7 Å². The molecule has 5 nitrogen and oxygen atoms in total. The van der Waals surface area contributed by atoms with Gasteiger partial charge in [-0.25, -0.2) is 14.4 Å². The Labute approximate surface area is 167 Å². The third-order valence-corrected chi connectivity index (χ3v) is 4.51. The Morgan fingerprint density at radius 2 is 1.96 bits per heavy atom. The molecule has 28 heavy (non-hydrogen) atoms. The average molecular weight is 397 g/mol. The Kier molecular flexibility index (Phi) is 6.41. The lowest BCUT2D eigenvalue weighted by atomic mass is 10.1. The van der Waals surface area contributed by atoms with E-state index in [0.717, 1.165) is 30.2 Å². The van der Waals surface area contributed by atoms with E-state index in [-0.39, 0.29) is 11.3 Å². The first-order valence-electron chi connectivity index (χ1n) is 8.80. The fraction of sp³-hybridized carbons (Fsp3) is 0.190. The summed E-state index contributed by atoms with van der Waals surface area (Å²) in [5.41, 5.74) is 2.15. The van der Waals surface area contributed by atoms with Crippen LogP contribution in [0.2, 0.25) is 5.02 Å². The molecule has 1 heterocycles. The molecule has 0 saturated heterocycles. The van der Waals surface area contributed by atoms with Gasteiger partial charge in [-0.3, -0.25) is 0 Å². The van der Waals surface area contributed by atoms with Crippen molar-refractivity contribution in [1.82, 2.24) is 9.97 Å². The number of aromatic nitrogens is 2. The number of rotatable bonds is 7. The Hall–Kier alpha value is -3.17. The quantitative estimate of drug-likeness (QED) is 0.598. The van der Waals surface area contributed by atoms with Crippen molar-refractivity contribution in [3.05, 3.63) is 76.5 Å². The highest BCUT2D eigenvalue weighted by Crippen LogP contribution is 2.26. The van der Waals surface area contributed by atoms with Crippen LogP contribution in [-0.4, -0.2) is 16.5 Å². The van der Waals surface area contributed by atoms with Crippen molar-refractivity contribution in [2.45, 2.75) is 19.8 Å². The van der Waals surface area contributed by atoms with Crippen molar-refractivity contribution >= 4 is 17.4 Å². The molecular formula is C21H18ClFN4O. The van der Waals surface area contributed by atoms with Gasteiger partial charge in [0.2, 0.25) is 0 Å². The number of anilines is 1. The summed E-state index contributed by atoms with van der Waals surface area (Å²) in [5.74, 6) is 0.663. The van der Waals surface area contributed by atoms with Gasteiger partial charge in [-0.2, -0.15) is 5.26 Å². The monoisotopic (exact) mass is 396 g/mol. The average Bonchev–Trinajstić information content (AvgIpc) is 2.72. The van der Waals surface area contributed by atoms with E-state index in [1.807, 2.05) is 25.1 Å². The molecule has 0 atom stereocenters. The van der Waals surface area contributed by atoms with Crippen LogP contribution in [0.3, 0.4) is 0 Å². The van der Waals surface area contributed by atoms with Gasteiger partial charge in [-0.15, -0.1) is 0 Å². The Morgan fingerprint density at radius 1 is 1.18 bits per heavy atom. The van der Waals surface area contributed by atoms with E-state index in [0.29, 0.717) is 23.1 Å². The third kappa shape index (κ3) is 4.76. The van der Waals surface area contributed by atoms with E-state index in [1.54, 1.807) is 12.1 Å². The van der Waals surface area contributed by atoms with Crippen LogP contribution in [-0.2, 0) is 12.8 Å². The van der Waals surface area contributed by atoms with Crippen molar-refractivity contribution in [2.24, 2.45) is 0 Å². The Balaban J connectivity index is 1.57. The minimum absolute atomic E-state index is 0.0820. The normalized spacial score (nSPS) is 10.4. The number of halogens is 2. The molecule has 0 aliphatic carbocycles. The molecule has 2 aromatic carbocycles. The maximum atomic E-state index is 13.9. The molecule has 0 fully saturated rings. The molecule has 0 saturated carbocycles. The van der Waals surface area contributed by atoms with Gasteiger partial charge in [0.1, 0.15) is 22.9 Å². The zero-order chi connectivity index (χ0) is 19.9. The summed E-state index contributed by atoms with van der Waals surface area (Å²) in [6.07, 6.45) is 3.01. The second kappa shape index (κ2) is 9.16. The summed E-state index contributed by atoms with van der Waals surface area (Å²) in [5, 5.41) is 12.6. The highest BCUT2D eigenvalue weighted by Gasteiger charge is 2.08. The standard InChI is InChI=1S/C21H18ClFN4O/c1-2-18-20(22)21(27-13-26-18)25-10-9-14-3-6-16(7-4-14)28-19-8-5-15(12-24)11-17(19)23/h3-8,11,13H,2,9-10H2,1H3,(H,25,26,27). The molecule has 0 bridgehead atoms. The van der Waals surface area contributed by atoms with Crippen molar-refractivity contribution < 1.29 is 9.13 Å². The minimum Gasteiger partial charge on any atom is -0.454 e. The molecule has 0 spiro atoms. The fourth-order valence-electron chi connectivity index (χ4n) is 2.61. The number of nitrogens with one attached hydrogen (secondary N) is 1. The van der Waals surface area contributed by atoms with Crippen molar-refractivity contribution in [2.75, 3.05) is 11.9 Å². The van der Waals surface area contributed by atoms with E-state index >= 15 is 0 Å². The molecule has 142 valence electrons. The molecule has 0 unspecified atom stereocenters. The van der Waals surface area contributed by atoms with Gasteiger partial charge in [0.05, 0.1) is 17.3 Å². The van der Waals surface area contributed by atoms with E-state index in [1.165, 1.54) is 18.5 Å². The fourth-order valence-corrected chi connectivity index (χ4v) is 2.90. The van der Waals surface area contributed by atoms with E-state index < -0.39 is 5.82 Å². The first kappa shape index (κ1) is 19.6. The molecular weight excluding hydrogens is 379 g/mol. The first-order chi connectivity index (χ1) is 13.6. The lowest BCUT2D eigenvalue weighted by molar-refractivity contribution is 0.442. The molecule has 3 aromatic rings. The van der Waals surface area contributed by atoms with Crippen LogP contribution in [0.15, 0.2) is 48.8 Å². The van der Waals surface area contributed by atoms with Crippen LogP contribution in [0, 0.1) is 17.1 Å². The number of aryl methyl sites for hydroxylation is 1. The van der Waals surface area contributed by atoms with Crippen molar-refractivity contribution in [3.8, 4) is 17.6 Å². The molecule has 0 radical (unpaired) electrons. The van der Waals surface area contributed by atoms with Gasteiger partial charge >= 0.3 is 0 Å². The molecule has 0 aliphatic rings. The molecule has 0 amide bonds. The topological polar surface area (TPSA) is 70.8 Å². The summed E-state index contributed by atoms with van der Waals surface area (Å²) < 4.78 is 19.5. The lowest BCUT2D eigenvalue weighted by Crippen LogP contribution is -2.08. The van der Waals surface area contributed by atoms with Crippen LogP contribution in [0.4, 0.5) is 10.2 Å². The number of nitriles is 1. The number of hydrogen-bond acceptors (Lipinski definition) is 5. The largest absolute Gasteiger partial charge is 0.454 e. The second-order valence-corrected chi connectivity index (χ2v) is 6.39. The highest BCUT2D eigenvalue weighted by molar-refractivity contribution is 6.33. The lowest BCUT2D eigenvalue weighted by Gasteiger charge is -2.10. The van der Waals surface area contributed by atoms with Gasteiger partial charge in [0.25, 0.3) is 0 Å². The molecule has 1 aromatic heterocycles. The predicted octanol–water partition coefficient (Wildman–Crippen LogP) is 5.15. The number of nitrogens with zero attached hydrogens (tertiary/aromatic N) is 3. The van der Waals surface area contributed by atoms with Crippen LogP contribution < -0.4 is 10.1 Å². The maximum Gasteiger partial charge on any atom is 0.167 e.